The van der Waals surface area contributed by atoms with Gasteiger partial charge in [0, 0.05) is 58.9 Å². The van der Waals surface area contributed by atoms with Crippen LogP contribution in [-0.2, 0) is 19.1 Å². The van der Waals surface area contributed by atoms with Crippen molar-refractivity contribution in [2.75, 3.05) is 105 Å². The third-order valence-electron chi connectivity index (χ3n) is 5.21. The summed E-state index contributed by atoms with van der Waals surface area (Å²) in [6.07, 6.45) is 0. The van der Waals surface area contributed by atoms with Gasteiger partial charge in [-0.1, -0.05) is 13.8 Å². The highest BCUT2D eigenvalue weighted by Crippen LogP contribution is 2.01. The Morgan fingerprint density at radius 1 is 0.688 bits per heavy atom. The van der Waals surface area contributed by atoms with Crippen LogP contribution in [-0.4, -0.2) is 152 Å². The first-order valence-electron chi connectivity index (χ1n) is 11.4. The number of ether oxygens (including phenoxy) is 2. The molecule has 0 atom stereocenters. The molecule has 1 rings (SSSR count). The fourth-order valence-corrected chi connectivity index (χ4v) is 3.53. The lowest BCUT2D eigenvalue weighted by atomic mass is 10.2. The Bertz CT molecular complexity index is 524. The maximum absolute atomic E-state index is 11.2. The van der Waals surface area contributed by atoms with Crippen molar-refractivity contribution in [3.8, 4) is 0 Å². The van der Waals surface area contributed by atoms with Crippen LogP contribution in [0.15, 0.2) is 0 Å². The van der Waals surface area contributed by atoms with Gasteiger partial charge in [-0.05, 0) is 5.92 Å². The largest absolute Gasteiger partial charge is 0.480 e. The Morgan fingerprint density at radius 3 is 1.47 bits per heavy atom. The lowest BCUT2D eigenvalue weighted by molar-refractivity contribution is -0.140. The molecule has 0 aromatic carbocycles. The topological polar surface area (TPSA) is 126 Å². The second kappa shape index (κ2) is 17.2. The number of carboxylic acid groups (broad SMARTS) is 2. The third-order valence-corrected chi connectivity index (χ3v) is 5.21. The molecule has 11 nitrogen and oxygen atoms in total. The maximum atomic E-state index is 11.2. The van der Waals surface area contributed by atoms with E-state index < -0.39 is 11.9 Å². The van der Waals surface area contributed by atoms with Crippen molar-refractivity contribution in [2.24, 2.45) is 5.92 Å². The first kappa shape index (κ1) is 28.7. The molecule has 0 aromatic rings. The van der Waals surface area contributed by atoms with Crippen molar-refractivity contribution in [3.63, 3.8) is 0 Å². The highest BCUT2D eigenvalue weighted by molar-refractivity contribution is 5.69. The van der Waals surface area contributed by atoms with Crippen LogP contribution >= 0.6 is 0 Å². The fraction of sp³-hybridized carbons (Fsp3) is 0.905. The zero-order valence-corrected chi connectivity index (χ0v) is 19.7. The summed E-state index contributed by atoms with van der Waals surface area (Å²) in [6.45, 7) is 11.4. The minimum atomic E-state index is -0.933. The van der Waals surface area contributed by atoms with Gasteiger partial charge in [0.25, 0.3) is 0 Å². The van der Waals surface area contributed by atoms with E-state index in [2.05, 4.69) is 18.7 Å². The molecule has 0 bridgehead atoms. The predicted octanol–water partition coefficient (Wildman–Crippen LogP) is -0.984. The second-order valence-corrected chi connectivity index (χ2v) is 8.52. The molecule has 1 aliphatic rings. The fourth-order valence-electron chi connectivity index (χ4n) is 3.53. The third kappa shape index (κ3) is 14.7. The molecule has 0 spiro atoms. The number of hydrogen-bond acceptors (Lipinski definition) is 9. The van der Waals surface area contributed by atoms with E-state index in [1.807, 2.05) is 4.90 Å². The van der Waals surface area contributed by atoms with Crippen LogP contribution in [0, 0.1) is 5.92 Å². The monoisotopic (exact) mass is 462 g/mol. The molecule has 11 heteroatoms. The van der Waals surface area contributed by atoms with E-state index in [4.69, 9.17) is 14.6 Å². The van der Waals surface area contributed by atoms with Crippen LogP contribution in [0.2, 0.25) is 0 Å². The number of aliphatic hydroxyl groups is 1. The van der Waals surface area contributed by atoms with Crippen LogP contribution in [0.4, 0.5) is 0 Å². The first-order valence-corrected chi connectivity index (χ1v) is 11.4. The summed E-state index contributed by atoms with van der Waals surface area (Å²) in [6, 6.07) is 0. The van der Waals surface area contributed by atoms with Crippen LogP contribution in [0.25, 0.3) is 0 Å². The Balaban J connectivity index is 2.73. The molecule has 1 saturated heterocycles. The predicted molar refractivity (Wildman–Crippen MR) is 120 cm³/mol. The summed E-state index contributed by atoms with van der Waals surface area (Å²) in [5, 5.41) is 28.0. The van der Waals surface area contributed by atoms with E-state index in [0.717, 1.165) is 19.6 Å². The van der Waals surface area contributed by atoms with Crippen LogP contribution in [0.1, 0.15) is 13.8 Å². The van der Waals surface area contributed by atoms with E-state index in [-0.39, 0.29) is 19.8 Å². The molecule has 0 amide bonds. The number of carbonyl (C=O) groups is 2. The van der Waals surface area contributed by atoms with Crippen molar-refractivity contribution in [3.05, 3.63) is 0 Å². The first-order chi connectivity index (χ1) is 15.3. The molecule has 0 aromatic heterocycles. The molecule has 1 fully saturated rings. The van der Waals surface area contributed by atoms with Gasteiger partial charge < -0.3 is 24.8 Å². The number of hydrogen-bond donors (Lipinski definition) is 3. The molecule has 0 saturated carbocycles. The lowest BCUT2D eigenvalue weighted by Gasteiger charge is -2.29. The number of aliphatic hydroxyl groups excluding tert-OH is 1. The van der Waals surface area contributed by atoms with Crippen molar-refractivity contribution in [1.29, 1.82) is 0 Å². The average molecular weight is 463 g/mol. The van der Waals surface area contributed by atoms with Gasteiger partial charge in [-0.3, -0.25) is 29.2 Å². The van der Waals surface area contributed by atoms with Crippen LogP contribution in [0.5, 0.6) is 0 Å². The van der Waals surface area contributed by atoms with Gasteiger partial charge in [-0.15, -0.1) is 0 Å². The highest BCUT2D eigenvalue weighted by Gasteiger charge is 2.16. The summed E-state index contributed by atoms with van der Waals surface area (Å²) in [5.41, 5.74) is 0. The number of aliphatic carboxylic acids is 2. The smallest absolute Gasteiger partial charge is 0.317 e. The molecular weight excluding hydrogens is 420 g/mol. The van der Waals surface area contributed by atoms with E-state index >= 15 is 0 Å². The Labute approximate surface area is 191 Å². The normalized spacial score (nSPS) is 21.2. The molecular formula is C21H42N4O7. The number of carboxylic acids is 2. The Kier molecular flexibility index (Phi) is 15.4. The van der Waals surface area contributed by atoms with Gasteiger partial charge in [-0.25, -0.2) is 0 Å². The molecule has 0 aliphatic carbocycles. The van der Waals surface area contributed by atoms with Crippen molar-refractivity contribution in [2.45, 2.75) is 13.8 Å². The van der Waals surface area contributed by atoms with Gasteiger partial charge in [0.1, 0.15) is 0 Å². The maximum Gasteiger partial charge on any atom is 0.317 e. The van der Waals surface area contributed by atoms with E-state index in [9.17, 15) is 19.8 Å². The second-order valence-electron chi connectivity index (χ2n) is 8.52. The molecule has 1 heterocycles. The van der Waals surface area contributed by atoms with E-state index in [1.54, 1.807) is 9.80 Å². The zero-order chi connectivity index (χ0) is 23.8. The van der Waals surface area contributed by atoms with Crippen LogP contribution in [0.3, 0.4) is 0 Å². The van der Waals surface area contributed by atoms with E-state index in [0.29, 0.717) is 71.6 Å². The summed E-state index contributed by atoms with van der Waals surface area (Å²) >= 11 is 0. The van der Waals surface area contributed by atoms with E-state index in [1.165, 1.54) is 0 Å². The standard InChI is InChI=1S/C21H42N4O7/c1-19(2)15-22-5-6-25(18-26)10-14-32-13-9-24(17-21(29)30)4-3-23(16-20(27)28)8-12-31-11-7-22/h19,26H,3-18H2,1-2H3,(H,27,28)(H,29,30). The van der Waals surface area contributed by atoms with Crippen LogP contribution < -0.4 is 0 Å². The summed E-state index contributed by atoms with van der Waals surface area (Å²) in [4.78, 5) is 30.2. The molecule has 188 valence electrons. The quantitative estimate of drug-likeness (QED) is 0.432. The molecule has 32 heavy (non-hydrogen) atoms. The number of nitrogens with zero attached hydrogens (tertiary/aromatic N) is 4. The summed E-state index contributed by atoms with van der Waals surface area (Å²) in [7, 11) is 0. The number of rotatable bonds is 7. The minimum absolute atomic E-state index is 0.0417. The van der Waals surface area contributed by atoms with Gasteiger partial charge in [-0.2, -0.15) is 0 Å². The average Bonchev–Trinajstić information content (AvgIpc) is 2.70. The molecule has 0 radical (unpaired) electrons. The molecule has 3 N–H and O–H groups in total. The minimum Gasteiger partial charge on any atom is -0.480 e. The summed E-state index contributed by atoms with van der Waals surface area (Å²) < 4.78 is 11.5. The van der Waals surface area contributed by atoms with Gasteiger partial charge in [0.05, 0.1) is 46.2 Å². The SMILES string of the molecule is CC(C)CN1CCOCCN(CC(=O)O)CCN(CC(=O)O)CCOCCN(CO)CC1. The Hall–Kier alpha value is -1.34. The van der Waals surface area contributed by atoms with Crippen molar-refractivity contribution >= 4 is 11.9 Å². The molecule has 1 aliphatic heterocycles. The summed E-state index contributed by atoms with van der Waals surface area (Å²) in [5.74, 6) is -1.34. The molecule has 0 unspecified atom stereocenters. The zero-order valence-electron chi connectivity index (χ0n) is 19.7. The van der Waals surface area contributed by atoms with Crippen molar-refractivity contribution in [1.82, 2.24) is 19.6 Å². The van der Waals surface area contributed by atoms with Crippen molar-refractivity contribution < 1.29 is 34.4 Å². The highest BCUT2D eigenvalue weighted by atomic mass is 16.5. The van der Waals surface area contributed by atoms with Gasteiger partial charge in [0.15, 0.2) is 0 Å². The Morgan fingerprint density at radius 2 is 1.06 bits per heavy atom. The van der Waals surface area contributed by atoms with Gasteiger partial charge >= 0.3 is 11.9 Å². The lowest BCUT2D eigenvalue weighted by Crippen LogP contribution is -2.43. The van der Waals surface area contributed by atoms with Gasteiger partial charge in [0.2, 0.25) is 0 Å².